The van der Waals surface area contributed by atoms with Crippen molar-refractivity contribution in [3.05, 3.63) is 12.2 Å². The van der Waals surface area contributed by atoms with Gasteiger partial charge in [-0.05, 0) is 12.8 Å². The Labute approximate surface area is 180 Å². The molecule has 0 aliphatic carbocycles. The van der Waals surface area contributed by atoms with Crippen molar-refractivity contribution in [2.45, 2.75) is 135 Å². The van der Waals surface area contributed by atoms with E-state index < -0.39 is 12.1 Å². The molecule has 1 amide bonds. The molecule has 0 bridgehead atoms. The molecule has 0 fully saturated rings. The first-order valence-electron chi connectivity index (χ1n) is 12.3. The maximum atomic E-state index is 11.0. The van der Waals surface area contributed by atoms with E-state index in [0.717, 1.165) is 12.8 Å². The highest BCUT2D eigenvalue weighted by atomic mass is 16.3. The van der Waals surface area contributed by atoms with Gasteiger partial charge in [0.1, 0.15) is 0 Å². The van der Waals surface area contributed by atoms with Crippen LogP contribution in [0, 0.1) is 0 Å². The van der Waals surface area contributed by atoms with Crippen molar-refractivity contribution >= 4 is 5.91 Å². The molecule has 4 nitrogen and oxygen atoms in total. The predicted molar refractivity (Wildman–Crippen MR) is 124 cm³/mol. The molecule has 2 unspecified atom stereocenters. The second-order valence-corrected chi connectivity index (χ2v) is 8.50. The molecule has 0 aliphatic rings. The van der Waals surface area contributed by atoms with E-state index in [1.54, 1.807) is 6.08 Å². The zero-order chi connectivity index (χ0) is 21.6. The Kier molecular flexibility index (Phi) is 21.2. The first-order chi connectivity index (χ1) is 14.1. The average molecular weight is 412 g/mol. The van der Waals surface area contributed by atoms with Gasteiger partial charge in [0, 0.05) is 6.92 Å². The van der Waals surface area contributed by atoms with E-state index >= 15 is 0 Å². The molecule has 29 heavy (non-hydrogen) atoms. The smallest absolute Gasteiger partial charge is 0.217 e. The third-order valence-electron chi connectivity index (χ3n) is 5.56. The molecule has 0 radical (unpaired) electrons. The third kappa shape index (κ3) is 20.2. The van der Waals surface area contributed by atoms with Crippen LogP contribution in [0.5, 0.6) is 0 Å². The highest BCUT2D eigenvalue weighted by Crippen LogP contribution is 2.14. The lowest BCUT2D eigenvalue weighted by molar-refractivity contribution is -0.120. The predicted octanol–water partition coefficient (Wildman–Crippen LogP) is 6.05. The Morgan fingerprint density at radius 1 is 0.793 bits per heavy atom. The minimum Gasteiger partial charge on any atom is -0.394 e. The lowest BCUT2D eigenvalue weighted by Crippen LogP contribution is -2.44. The Bertz CT molecular complexity index is 384. The number of aliphatic hydroxyl groups excluding tert-OH is 2. The van der Waals surface area contributed by atoms with Gasteiger partial charge in [0.2, 0.25) is 5.91 Å². The fourth-order valence-corrected chi connectivity index (χ4v) is 3.68. The fraction of sp³-hybridized carbons (Fsp3) is 0.880. The van der Waals surface area contributed by atoms with Crippen LogP contribution in [0.15, 0.2) is 12.2 Å². The monoisotopic (exact) mass is 411 g/mol. The van der Waals surface area contributed by atoms with Gasteiger partial charge in [-0.15, -0.1) is 0 Å². The molecule has 0 spiro atoms. The van der Waals surface area contributed by atoms with Gasteiger partial charge in [0.15, 0.2) is 0 Å². The number of unbranched alkanes of at least 4 members (excludes halogenated alkanes) is 16. The first kappa shape index (κ1) is 28.1. The number of hydrogen-bond acceptors (Lipinski definition) is 3. The SMILES string of the molecule is CCCCCCCCCCCCCCCCCC/C=C/C(O)C(CO)NC(C)=O. The van der Waals surface area contributed by atoms with Gasteiger partial charge >= 0.3 is 0 Å². The number of hydrogen-bond donors (Lipinski definition) is 3. The van der Waals surface area contributed by atoms with E-state index in [4.69, 9.17) is 0 Å². The Hall–Kier alpha value is -0.870. The van der Waals surface area contributed by atoms with Crippen LogP contribution in [-0.4, -0.2) is 34.9 Å². The largest absolute Gasteiger partial charge is 0.394 e. The van der Waals surface area contributed by atoms with Gasteiger partial charge in [-0.2, -0.15) is 0 Å². The summed E-state index contributed by atoms with van der Waals surface area (Å²) in [6, 6.07) is -0.616. The van der Waals surface area contributed by atoms with Crippen LogP contribution in [-0.2, 0) is 4.79 Å². The second kappa shape index (κ2) is 21.8. The normalized spacial score (nSPS) is 13.7. The summed E-state index contributed by atoms with van der Waals surface area (Å²) in [5.41, 5.74) is 0. The van der Waals surface area contributed by atoms with Crippen LogP contribution in [0.4, 0.5) is 0 Å². The molecule has 172 valence electrons. The molecule has 0 aromatic heterocycles. The number of nitrogens with one attached hydrogen (secondary N) is 1. The summed E-state index contributed by atoms with van der Waals surface area (Å²) in [5.74, 6) is -0.241. The van der Waals surface area contributed by atoms with E-state index in [1.807, 2.05) is 6.08 Å². The Morgan fingerprint density at radius 3 is 1.59 bits per heavy atom. The van der Waals surface area contributed by atoms with Gasteiger partial charge in [0.25, 0.3) is 0 Å². The van der Waals surface area contributed by atoms with Gasteiger partial charge in [-0.3, -0.25) is 4.79 Å². The van der Waals surface area contributed by atoms with Crippen molar-refractivity contribution in [3.8, 4) is 0 Å². The zero-order valence-corrected chi connectivity index (χ0v) is 19.3. The van der Waals surface area contributed by atoms with Crippen LogP contribution < -0.4 is 5.32 Å². The highest BCUT2D eigenvalue weighted by molar-refractivity contribution is 5.73. The molecular weight excluding hydrogens is 362 g/mol. The van der Waals surface area contributed by atoms with Crippen LogP contribution >= 0.6 is 0 Å². The maximum Gasteiger partial charge on any atom is 0.217 e. The molecule has 0 rings (SSSR count). The van der Waals surface area contributed by atoms with Crippen LogP contribution in [0.1, 0.15) is 123 Å². The molecular formula is C25H49NO3. The molecule has 0 aliphatic heterocycles. The summed E-state index contributed by atoms with van der Waals surface area (Å²) in [7, 11) is 0. The number of carbonyl (C=O) groups is 1. The zero-order valence-electron chi connectivity index (χ0n) is 19.3. The molecule has 0 saturated heterocycles. The molecule has 0 heterocycles. The second-order valence-electron chi connectivity index (χ2n) is 8.50. The standard InChI is InChI=1S/C25H49NO3/c1-3-4-5-6-7-8-9-10-11-12-13-14-15-16-17-18-19-20-21-25(29)24(22-27)26-23(2)28/h20-21,24-25,27,29H,3-19,22H2,1-2H3,(H,26,28)/b21-20+. The third-order valence-corrected chi connectivity index (χ3v) is 5.56. The van der Waals surface area contributed by atoms with E-state index in [0.29, 0.717) is 0 Å². The summed E-state index contributed by atoms with van der Waals surface area (Å²) in [5, 5.41) is 21.7. The summed E-state index contributed by atoms with van der Waals surface area (Å²) < 4.78 is 0. The molecule has 2 atom stereocenters. The number of carbonyl (C=O) groups excluding carboxylic acids is 1. The van der Waals surface area contributed by atoms with Crippen molar-refractivity contribution in [3.63, 3.8) is 0 Å². The molecule has 0 saturated carbocycles. The van der Waals surface area contributed by atoms with E-state index in [-0.39, 0.29) is 12.5 Å². The maximum absolute atomic E-state index is 11.0. The Balaban J connectivity index is 3.34. The lowest BCUT2D eigenvalue weighted by Gasteiger charge is -2.18. The quantitative estimate of drug-likeness (QED) is 0.159. The van der Waals surface area contributed by atoms with Crippen LogP contribution in [0.25, 0.3) is 0 Å². The van der Waals surface area contributed by atoms with E-state index in [9.17, 15) is 15.0 Å². The van der Waals surface area contributed by atoms with E-state index in [2.05, 4.69) is 12.2 Å². The number of rotatable bonds is 21. The Morgan fingerprint density at radius 2 is 1.21 bits per heavy atom. The van der Waals surface area contributed by atoms with Crippen molar-refractivity contribution in [1.82, 2.24) is 5.32 Å². The summed E-state index contributed by atoms with van der Waals surface area (Å²) in [4.78, 5) is 11.0. The van der Waals surface area contributed by atoms with Crippen LogP contribution in [0.2, 0.25) is 0 Å². The lowest BCUT2D eigenvalue weighted by atomic mass is 10.0. The first-order valence-corrected chi connectivity index (χ1v) is 12.3. The van der Waals surface area contributed by atoms with Crippen molar-refractivity contribution in [2.75, 3.05) is 6.61 Å². The number of allylic oxidation sites excluding steroid dienone is 1. The summed E-state index contributed by atoms with van der Waals surface area (Å²) in [6.45, 7) is 3.40. The van der Waals surface area contributed by atoms with Crippen molar-refractivity contribution < 1.29 is 15.0 Å². The molecule has 4 heteroatoms. The number of amides is 1. The molecule has 3 N–H and O–H groups in total. The minimum absolute atomic E-state index is 0.241. The van der Waals surface area contributed by atoms with Gasteiger partial charge < -0.3 is 15.5 Å². The van der Waals surface area contributed by atoms with Crippen molar-refractivity contribution in [2.24, 2.45) is 0 Å². The number of aliphatic hydroxyl groups is 2. The topological polar surface area (TPSA) is 69.6 Å². The van der Waals surface area contributed by atoms with Gasteiger partial charge in [-0.1, -0.05) is 115 Å². The van der Waals surface area contributed by atoms with Crippen molar-refractivity contribution in [1.29, 1.82) is 0 Å². The fourth-order valence-electron chi connectivity index (χ4n) is 3.68. The summed E-state index contributed by atoms with van der Waals surface area (Å²) in [6.07, 6.45) is 25.6. The molecule has 0 aromatic carbocycles. The van der Waals surface area contributed by atoms with E-state index in [1.165, 1.54) is 103 Å². The minimum atomic E-state index is -0.829. The van der Waals surface area contributed by atoms with Gasteiger partial charge in [-0.25, -0.2) is 0 Å². The highest BCUT2D eigenvalue weighted by Gasteiger charge is 2.15. The summed E-state index contributed by atoms with van der Waals surface area (Å²) >= 11 is 0. The van der Waals surface area contributed by atoms with Crippen LogP contribution in [0.3, 0.4) is 0 Å². The molecule has 0 aromatic rings. The average Bonchev–Trinajstić information content (AvgIpc) is 2.70. The van der Waals surface area contributed by atoms with Gasteiger partial charge in [0.05, 0.1) is 18.8 Å².